The first kappa shape index (κ1) is 15.4. The number of benzene rings is 1. The van der Waals surface area contributed by atoms with Gasteiger partial charge < -0.3 is 19.7 Å². The molecule has 0 spiro atoms. The Morgan fingerprint density at radius 3 is 2.71 bits per heavy atom. The number of hydrogen-bond donors (Lipinski definition) is 1. The maximum atomic E-state index is 5.71. The van der Waals surface area contributed by atoms with E-state index in [4.69, 9.17) is 9.47 Å². The number of para-hydroxylation sites is 1. The van der Waals surface area contributed by atoms with Gasteiger partial charge in [0, 0.05) is 55.6 Å². The molecule has 24 heavy (non-hydrogen) atoms. The second-order valence-electron chi connectivity index (χ2n) is 6.10. The molecule has 2 aliphatic rings. The van der Waals surface area contributed by atoms with E-state index in [0.29, 0.717) is 6.04 Å². The molecule has 0 bridgehead atoms. The Morgan fingerprint density at radius 1 is 1.08 bits per heavy atom. The summed E-state index contributed by atoms with van der Waals surface area (Å²) < 4.78 is 11.1. The minimum atomic E-state index is 0.314. The molecule has 3 heterocycles. The van der Waals surface area contributed by atoms with Crippen LogP contribution < -0.4 is 15.0 Å². The third-order valence-electron chi connectivity index (χ3n) is 4.50. The van der Waals surface area contributed by atoms with Gasteiger partial charge in [0.05, 0.1) is 19.8 Å². The van der Waals surface area contributed by atoms with Crippen LogP contribution in [0.3, 0.4) is 0 Å². The fourth-order valence-corrected chi connectivity index (χ4v) is 3.16. The van der Waals surface area contributed by atoms with Crippen molar-refractivity contribution in [2.24, 2.45) is 0 Å². The maximum Gasteiger partial charge on any atom is 0.225 e. The Hall–Kier alpha value is -2.18. The number of nitrogens with one attached hydrogen (secondary N) is 1. The van der Waals surface area contributed by atoms with Crippen LogP contribution in [0.25, 0.3) is 0 Å². The molecule has 1 aromatic heterocycles. The Bertz CT molecular complexity index is 671. The molecule has 6 nitrogen and oxygen atoms in total. The number of fused-ring (bicyclic) bond motifs is 1. The van der Waals surface area contributed by atoms with E-state index in [1.54, 1.807) is 0 Å². The summed E-state index contributed by atoms with van der Waals surface area (Å²) in [6.07, 6.45) is 4.80. The minimum absolute atomic E-state index is 0.314. The summed E-state index contributed by atoms with van der Waals surface area (Å²) in [5.41, 5.74) is 2.32. The van der Waals surface area contributed by atoms with Crippen molar-refractivity contribution in [3.8, 4) is 5.75 Å². The lowest BCUT2D eigenvalue weighted by atomic mass is 10.0. The molecule has 6 heteroatoms. The summed E-state index contributed by atoms with van der Waals surface area (Å²) in [5.74, 6) is 1.78. The van der Waals surface area contributed by atoms with Crippen molar-refractivity contribution < 1.29 is 9.47 Å². The minimum Gasteiger partial charge on any atom is -0.493 e. The Labute approximate surface area is 141 Å². The van der Waals surface area contributed by atoms with Gasteiger partial charge in [-0.25, -0.2) is 9.97 Å². The van der Waals surface area contributed by atoms with E-state index in [-0.39, 0.29) is 0 Å². The van der Waals surface area contributed by atoms with Crippen LogP contribution in [0.4, 0.5) is 5.95 Å². The van der Waals surface area contributed by atoms with Crippen LogP contribution in [-0.2, 0) is 11.3 Å². The smallest absolute Gasteiger partial charge is 0.225 e. The lowest BCUT2D eigenvalue weighted by molar-refractivity contribution is 0.122. The number of hydrogen-bond acceptors (Lipinski definition) is 6. The first-order chi connectivity index (χ1) is 11.9. The Kier molecular flexibility index (Phi) is 4.57. The molecule has 1 atom stereocenters. The average Bonchev–Trinajstić information content (AvgIpc) is 2.67. The first-order valence-electron chi connectivity index (χ1n) is 8.49. The van der Waals surface area contributed by atoms with Gasteiger partial charge in [0.1, 0.15) is 5.75 Å². The molecule has 2 aliphatic heterocycles. The lowest BCUT2D eigenvalue weighted by Crippen LogP contribution is -2.37. The van der Waals surface area contributed by atoms with Crippen LogP contribution in [0.1, 0.15) is 23.6 Å². The van der Waals surface area contributed by atoms with E-state index in [1.807, 2.05) is 24.5 Å². The van der Waals surface area contributed by atoms with Crippen molar-refractivity contribution in [1.82, 2.24) is 15.3 Å². The zero-order valence-corrected chi connectivity index (χ0v) is 13.6. The topological polar surface area (TPSA) is 59.5 Å². The molecule has 1 N–H and O–H groups in total. The fraction of sp³-hybridized carbons (Fsp3) is 0.444. The highest BCUT2D eigenvalue weighted by atomic mass is 16.5. The predicted molar refractivity (Wildman–Crippen MR) is 91.2 cm³/mol. The van der Waals surface area contributed by atoms with Crippen LogP contribution in [-0.4, -0.2) is 42.9 Å². The van der Waals surface area contributed by atoms with E-state index in [1.165, 1.54) is 5.56 Å². The Balaban J connectivity index is 1.38. The van der Waals surface area contributed by atoms with Gasteiger partial charge in [-0.15, -0.1) is 0 Å². The first-order valence-corrected chi connectivity index (χ1v) is 8.49. The molecule has 1 aromatic carbocycles. The standard InChI is InChI=1S/C18H22N4O2/c1-2-4-17-15(3-1)16(5-8-24-17)19-11-14-12-20-18(21-13-14)22-6-9-23-10-7-22/h1-4,12-13,16,19H,5-11H2. The second-order valence-corrected chi connectivity index (χ2v) is 6.10. The second kappa shape index (κ2) is 7.15. The largest absolute Gasteiger partial charge is 0.493 e. The number of nitrogens with zero attached hydrogens (tertiary/aromatic N) is 3. The summed E-state index contributed by atoms with van der Waals surface area (Å²) in [4.78, 5) is 11.2. The van der Waals surface area contributed by atoms with Crippen LogP contribution in [0, 0.1) is 0 Å². The number of ether oxygens (including phenoxy) is 2. The van der Waals surface area contributed by atoms with E-state index in [9.17, 15) is 0 Å². The molecule has 1 fully saturated rings. The summed E-state index contributed by atoms with van der Waals surface area (Å²) in [6.45, 7) is 4.71. The Morgan fingerprint density at radius 2 is 1.88 bits per heavy atom. The highest BCUT2D eigenvalue weighted by Crippen LogP contribution is 2.31. The number of aromatic nitrogens is 2. The zero-order chi connectivity index (χ0) is 16.2. The molecule has 0 saturated carbocycles. The molecule has 0 radical (unpaired) electrons. The van der Waals surface area contributed by atoms with Crippen molar-refractivity contribution in [1.29, 1.82) is 0 Å². The van der Waals surface area contributed by atoms with Gasteiger partial charge in [-0.05, 0) is 6.07 Å². The van der Waals surface area contributed by atoms with Crippen molar-refractivity contribution in [3.63, 3.8) is 0 Å². The molecule has 1 saturated heterocycles. The fourth-order valence-electron chi connectivity index (χ4n) is 3.16. The van der Waals surface area contributed by atoms with Crippen LogP contribution in [0.5, 0.6) is 5.75 Å². The molecule has 0 amide bonds. The van der Waals surface area contributed by atoms with Crippen molar-refractivity contribution in [3.05, 3.63) is 47.8 Å². The SMILES string of the molecule is c1ccc2c(c1)OCCC2NCc1cnc(N2CCOCC2)nc1. The van der Waals surface area contributed by atoms with Gasteiger partial charge in [0.2, 0.25) is 5.95 Å². The molecule has 0 aliphatic carbocycles. The molecule has 2 aromatic rings. The van der Waals surface area contributed by atoms with Gasteiger partial charge in [-0.2, -0.15) is 0 Å². The van der Waals surface area contributed by atoms with Crippen molar-refractivity contribution in [2.75, 3.05) is 37.8 Å². The highest BCUT2D eigenvalue weighted by molar-refractivity contribution is 5.37. The van der Waals surface area contributed by atoms with Gasteiger partial charge in [0.15, 0.2) is 0 Å². The quantitative estimate of drug-likeness (QED) is 0.926. The van der Waals surface area contributed by atoms with Crippen molar-refractivity contribution >= 4 is 5.95 Å². The van der Waals surface area contributed by atoms with Gasteiger partial charge >= 0.3 is 0 Å². The van der Waals surface area contributed by atoms with E-state index in [2.05, 4.69) is 32.3 Å². The zero-order valence-electron chi connectivity index (χ0n) is 13.6. The van der Waals surface area contributed by atoms with Crippen LogP contribution in [0.15, 0.2) is 36.7 Å². The molecule has 4 rings (SSSR count). The maximum absolute atomic E-state index is 5.71. The summed E-state index contributed by atoms with van der Waals surface area (Å²) in [5, 5.41) is 3.60. The predicted octanol–water partition coefficient (Wildman–Crippen LogP) is 1.93. The van der Waals surface area contributed by atoms with E-state index in [0.717, 1.165) is 63.1 Å². The molecular weight excluding hydrogens is 304 g/mol. The van der Waals surface area contributed by atoms with Crippen LogP contribution in [0.2, 0.25) is 0 Å². The summed E-state index contributed by atoms with van der Waals surface area (Å²) >= 11 is 0. The molecule has 126 valence electrons. The van der Waals surface area contributed by atoms with Crippen LogP contribution >= 0.6 is 0 Å². The monoisotopic (exact) mass is 326 g/mol. The molecular formula is C18H22N4O2. The van der Waals surface area contributed by atoms with E-state index >= 15 is 0 Å². The van der Waals surface area contributed by atoms with Gasteiger partial charge in [-0.1, -0.05) is 18.2 Å². The normalized spacial score (nSPS) is 20.3. The highest BCUT2D eigenvalue weighted by Gasteiger charge is 2.20. The average molecular weight is 326 g/mol. The van der Waals surface area contributed by atoms with Crippen molar-refractivity contribution in [2.45, 2.75) is 19.0 Å². The number of rotatable bonds is 4. The lowest BCUT2D eigenvalue weighted by Gasteiger charge is -2.27. The van der Waals surface area contributed by atoms with Gasteiger partial charge in [0.25, 0.3) is 0 Å². The number of morpholine rings is 1. The number of anilines is 1. The third-order valence-corrected chi connectivity index (χ3v) is 4.50. The van der Waals surface area contributed by atoms with Gasteiger partial charge in [-0.3, -0.25) is 0 Å². The van der Waals surface area contributed by atoms with E-state index < -0.39 is 0 Å². The summed E-state index contributed by atoms with van der Waals surface area (Å²) in [7, 11) is 0. The third kappa shape index (κ3) is 3.34. The molecule has 1 unspecified atom stereocenters. The summed E-state index contributed by atoms with van der Waals surface area (Å²) in [6, 6.07) is 8.55.